The van der Waals surface area contributed by atoms with Gasteiger partial charge in [0, 0.05) is 0 Å². The van der Waals surface area contributed by atoms with E-state index in [4.69, 9.17) is 22.2 Å². The minimum Gasteiger partial charge on any atom is -0.146 e. The smallest absolute Gasteiger partial charge is 0.146 e. The van der Waals surface area contributed by atoms with E-state index >= 15 is 0 Å². The molecule has 42 valence electrons. The fourth-order valence-electron chi connectivity index (χ4n) is 0.588. The molecule has 1 heterocycles. The maximum absolute atomic E-state index is 5.81. The molecule has 0 N–H and O–H groups in total. The summed E-state index contributed by atoms with van der Waals surface area (Å²) in [5.74, 6) is 0. The zero-order valence-electron chi connectivity index (χ0n) is 3.63. The molecular formula is C2H5BrCl2Si2. The Morgan fingerprint density at radius 3 is 1.86 bits per heavy atom. The molecule has 0 unspecified atom stereocenters. The average Bonchev–Trinajstić information content (AvgIpc) is 1.27. The molecule has 0 atom stereocenters. The SMILES string of the molecule is Cl[Si]1(Cl)C[SiH](Br)C1. The molecule has 0 aliphatic carbocycles. The zero-order chi connectivity index (χ0) is 5.49. The summed E-state index contributed by atoms with van der Waals surface area (Å²) in [6.45, 7) is -1.55. The Morgan fingerprint density at radius 1 is 1.43 bits per heavy atom. The summed E-state index contributed by atoms with van der Waals surface area (Å²) >= 11 is 15.2. The van der Waals surface area contributed by atoms with Crippen LogP contribution in [0.1, 0.15) is 0 Å². The van der Waals surface area contributed by atoms with Crippen molar-refractivity contribution in [1.29, 1.82) is 0 Å². The van der Waals surface area contributed by atoms with Crippen LogP contribution in [0.5, 0.6) is 0 Å². The molecule has 1 aliphatic rings. The van der Waals surface area contributed by atoms with Crippen molar-refractivity contribution in [3.63, 3.8) is 0 Å². The van der Waals surface area contributed by atoms with Crippen LogP contribution >= 0.6 is 37.5 Å². The van der Waals surface area contributed by atoms with Gasteiger partial charge in [0.05, 0.1) is 0 Å². The molecule has 5 heteroatoms. The fourth-order valence-corrected chi connectivity index (χ4v) is 28.7. The zero-order valence-corrected chi connectivity index (χ0v) is 8.88. The third-order valence-corrected chi connectivity index (χ3v) is 20.7. The Labute approximate surface area is 62.8 Å². The van der Waals surface area contributed by atoms with Crippen LogP contribution in [-0.4, -0.2) is 14.1 Å². The van der Waals surface area contributed by atoms with Gasteiger partial charge in [-0.2, -0.15) is 0 Å². The van der Waals surface area contributed by atoms with Crippen molar-refractivity contribution in [2.45, 2.75) is 11.3 Å². The second-order valence-corrected chi connectivity index (χ2v) is 16.8. The molecular weight excluding hydrogens is 231 g/mol. The monoisotopic (exact) mass is 234 g/mol. The standard InChI is InChI=1S/C2H5BrCl2Si2/c3-6-1-7(4,5)2-6/h6H,1-2H2. The summed E-state index contributed by atoms with van der Waals surface area (Å²) in [5, 5.41) is 0. The van der Waals surface area contributed by atoms with Crippen LogP contribution in [0.3, 0.4) is 0 Å². The summed E-state index contributed by atoms with van der Waals surface area (Å²) in [5.41, 5.74) is 2.33. The summed E-state index contributed by atoms with van der Waals surface area (Å²) in [7, 11) is -0.484. The van der Waals surface area contributed by atoms with E-state index in [1.807, 2.05) is 0 Å². The van der Waals surface area contributed by atoms with Gasteiger partial charge in [-0.05, 0) is 11.3 Å². The minimum absolute atomic E-state index is 0.484. The maximum atomic E-state index is 5.81. The topological polar surface area (TPSA) is 0 Å². The van der Waals surface area contributed by atoms with Crippen molar-refractivity contribution in [1.82, 2.24) is 0 Å². The number of hydrogen-bond donors (Lipinski definition) is 0. The highest BCUT2D eigenvalue weighted by molar-refractivity contribution is 9.24. The van der Waals surface area contributed by atoms with Crippen LogP contribution in [0.15, 0.2) is 0 Å². The number of hydrogen-bond acceptors (Lipinski definition) is 0. The van der Waals surface area contributed by atoms with Crippen molar-refractivity contribution >= 4 is 51.6 Å². The first-order valence-electron chi connectivity index (χ1n) is 2.12. The first-order chi connectivity index (χ1) is 3.10. The quantitative estimate of drug-likeness (QED) is 0.446. The highest BCUT2D eigenvalue weighted by Gasteiger charge is 2.43. The van der Waals surface area contributed by atoms with Crippen LogP contribution in [0, 0.1) is 0 Å². The largest absolute Gasteiger partial charge is 0.247 e. The molecule has 0 bridgehead atoms. The fraction of sp³-hybridized carbons (Fsp3) is 1.00. The van der Waals surface area contributed by atoms with E-state index in [0.717, 1.165) is 11.3 Å². The van der Waals surface area contributed by atoms with E-state index in [2.05, 4.69) is 15.3 Å². The lowest BCUT2D eigenvalue weighted by atomic mass is 11.8. The van der Waals surface area contributed by atoms with Gasteiger partial charge >= 0.3 is 0 Å². The summed E-state index contributed by atoms with van der Waals surface area (Å²) in [6.07, 6.45) is 0. The van der Waals surface area contributed by atoms with E-state index in [9.17, 15) is 0 Å². The Morgan fingerprint density at radius 2 is 1.86 bits per heavy atom. The highest BCUT2D eigenvalue weighted by Crippen LogP contribution is 2.40. The predicted octanol–water partition coefficient (Wildman–Crippen LogP) is 2.12. The van der Waals surface area contributed by atoms with Gasteiger partial charge in [0.2, 0.25) is 6.69 Å². The van der Waals surface area contributed by atoms with Gasteiger partial charge in [0.25, 0.3) is 0 Å². The number of halogens is 3. The van der Waals surface area contributed by atoms with E-state index < -0.39 is 14.1 Å². The van der Waals surface area contributed by atoms with Crippen molar-refractivity contribution < 1.29 is 0 Å². The van der Waals surface area contributed by atoms with Crippen LogP contribution in [-0.2, 0) is 0 Å². The van der Waals surface area contributed by atoms with Gasteiger partial charge < -0.3 is 0 Å². The van der Waals surface area contributed by atoms with Crippen LogP contribution < -0.4 is 0 Å². The van der Waals surface area contributed by atoms with Gasteiger partial charge in [-0.25, -0.2) is 0 Å². The third-order valence-electron chi connectivity index (χ3n) is 1.04. The van der Waals surface area contributed by atoms with E-state index in [0.29, 0.717) is 0 Å². The Bertz CT molecular complexity index is 77.8. The van der Waals surface area contributed by atoms with Crippen molar-refractivity contribution in [2.24, 2.45) is 0 Å². The molecule has 1 fully saturated rings. The van der Waals surface area contributed by atoms with Crippen molar-refractivity contribution in [3.05, 3.63) is 0 Å². The van der Waals surface area contributed by atoms with E-state index in [-0.39, 0.29) is 0 Å². The third kappa shape index (κ3) is 1.71. The average molecular weight is 236 g/mol. The van der Waals surface area contributed by atoms with Crippen molar-refractivity contribution in [2.75, 3.05) is 0 Å². The molecule has 7 heavy (non-hydrogen) atoms. The molecule has 0 aromatic heterocycles. The second-order valence-electron chi connectivity index (χ2n) is 1.86. The Kier molecular flexibility index (Phi) is 1.91. The molecule has 0 aromatic carbocycles. The second kappa shape index (κ2) is 2.02. The molecule has 1 aliphatic heterocycles. The molecule has 0 nitrogen and oxygen atoms in total. The summed E-state index contributed by atoms with van der Waals surface area (Å²) in [4.78, 5) is 0. The molecule has 0 saturated carbocycles. The van der Waals surface area contributed by atoms with Crippen LogP contribution in [0.4, 0.5) is 0 Å². The molecule has 0 amide bonds. The van der Waals surface area contributed by atoms with Gasteiger partial charge in [-0.3, -0.25) is 0 Å². The van der Waals surface area contributed by atoms with Gasteiger partial charge in [-0.15, -0.1) is 37.5 Å². The normalized spacial score (nSPS) is 29.6. The summed E-state index contributed by atoms with van der Waals surface area (Å²) < 4.78 is 0. The molecule has 1 saturated heterocycles. The lowest BCUT2D eigenvalue weighted by molar-refractivity contribution is 1.64. The highest BCUT2D eigenvalue weighted by atomic mass is 79.9. The predicted molar refractivity (Wildman–Crippen MR) is 43.2 cm³/mol. The van der Waals surface area contributed by atoms with Crippen LogP contribution in [0.25, 0.3) is 0 Å². The Balaban J connectivity index is 2.29. The van der Waals surface area contributed by atoms with Gasteiger partial charge in [-0.1, -0.05) is 0 Å². The van der Waals surface area contributed by atoms with Crippen molar-refractivity contribution in [3.8, 4) is 0 Å². The molecule has 0 aromatic rings. The van der Waals surface area contributed by atoms with Gasteiger partial charge in [0.15, 0.2) is 0 Å². The first-order valence-corrected chi connectivity index (χ1v) is 11.4. The van der Waals surface area contributed by atoms with E-state index in [1.54, 1.807) is 0 Å². The van der Waals surface area contributed by atoms with Crippen LogP contribution in [0.2, 0.25) is 11.3 Å². The van der Waals surface area contributed by atoms with Gasteiger partial charge in [0.1, 0.15) is 7.42 Å². The molecule has 1 rings (SSSR count). The molecule has 0 spiro atoms. The maximum Gasteiger partial charge on any atom is 0.247 e. The first kappa shape index (κ1) is 6.61. The van der Waals surface area contributed by atoms with E-state index in [1.165, 1.54) is 0 Å². The summed E-state index contributed by atoms with van der Waals surface area (Å²) in [6, 6.07) is 0. The lowest BCUT2D eigenvalue weighted by Gasteiger charge is -2.29. The lowest BCUT2D eigenvalue weighted by Crippen LogP contribution is -2.40. The Hall–Kier alpha value is 1.49. The molecule has 0 radical (unpaired) electrons. The minimum atomic E-state index is -1.55. The number of rotatable bonds is 0.